The van der Waals surface area contributed by atoms with E-state index in [4.69, 9.17) is 28.3 Å². The van der Waals surface area contributed by atoms with E-state index in [2.05, 4.69) is 10.6 Å². The Bertz CT molecular complexity index is 501. The minimum atomic E-state index is -1.14. The molecule has 7 heteroatoms. The molecule has 0 spiro atoms. The van der Waals surface area contributed by atoms with Crippen LogP contribution in [-0.2, 0) is 0 Å². The summed E-state index contributed by atoms with van der Waals surface area (Å²) in [5.74, 6) is -1.14. The number of rotatable bonds is 2. The van der Waals surface area contributed by atoms with Gasteiger partial charge in [0.2, 0.25) is 0 Å². The van der Waals surface area contributed by atoms with E-state index in [9.17, 15) is 9.59 Å². The minimum absolute atomic E-state index is 0.0446. The van der Waals surface area contributed by atoms with Gasteiger partial charge in [-0.25, -0.2) is 9.59 Å². The Labute approximate surface area is 120 Å². The van der Waals surface area contributed by atoms with E-state index >= 15 is 0 Å². The van der Waals surface area contributed by atoms with Gasteiger partial charge >= 0.3 is 12.0 Å². The summed E-state index contributed by atoms with van der Waals surface area (Å²) < 4.78 is 0. The van der Waals surface area contributed by atoms with Crippen molar-refractivity contribution in [3.05, 3.63) is 27.7 Å². The van der Waals surface area contributed by atoms with E-state index in [1.165, 1.54) is 12.1 Å². The Morgan fingerprint density at radius 3 is 2.00 bits per heavy atom. The molecule has 0 unspecified atom stereocenters. The maximum atomic E-state index is 11.7. The molecule has 0 saturated carbocycles. The number of benzene rings is 1. The molecule has 0 atom stereocenters. The van der Waals surface area contributed by atoms with E-state index in [1.54, 1.807) is 0 Å². The fraction of sp³-hybridized carbons (Fsp3) is 0.333. The topological polar surface area (TPSA) is 78.4 Å². The lowest BCUT2D eigenvalue weighted by molar-refractivity contribution is 0.0697. The van der Waals surface area contributed by atoms with Crippen LogP contribution >= 0.6 is 23.2 Å². The van der Waals surface area contributed by atoms with Crippen LogP contribution < -0.4 is 10.6 Å². The van der Waals surface area contributed by atoms with Crippen molar-refractivity contribution in [2.24, 2.45) is 0 Å². The third-order valence-corrected chi connectivity index (χ3v) is 2.61. The second kappa shape index (κ2) is 5.67. The first-order chi connectivity index (χ1) is 8.60. The van der Waals surface area contributed by atoms with Gasteiger partial charge in [-0.3, -0.25) is 0 Å². The van der Waals surface area contributed by atoms with E-state index in [-0.39, 0.29) is 21.3 Å². The summed E-state index contributed by atoms with van der Waals surface area (Å²) in [6.45, 7) is 5.47. The number of carboxylic acids is 1. The molecule has 2 amide bonds. The fourth-order valence-corrected chi connectivity index (χ4v) is 1.88. The summed E-state index contributed by atoms with van der Waals surface area (Å²) in [4.78, 5) is 22.5. The first-order valence-electron chi connectivity index (χ1n) is 5.41. The number of carbonyl (C=O) groups is 2. The van der Waals surface area contributed by atoms with Crippen molar-refractivity contribution in [1.82, 2.24) is 5.32 Å². The molecule has 0 aliphatic rings. The molecule has 104 valence electrons. The molecule has 0 radical (unpaired) electrons. The molecule has 1 aromatic rings. The van der Waals surface area contributed by atoms with Crippen molar-refractivity contribution in [2.45, 2.75) is 26.3 Å². The van der Waals surface area contributed by atoms with Gasteiger partial charge < -0.3 is 15.7 Å². The monoisotopic (exact) mass is 304 g/mol. The number of anilines is 1. The SMILES string of the molecule is CC(C)(C)NC(=O)Nc1c(Cl)cc(C(=O)O)cc1Cl. The highest BCUT2D eigenvalue weighted by atomic mass is 35.5. The van der Waals surface area contributed by atoms with Crippen molar-refractivity contribution in [3.8, 4) is 0 Å². The van der Waals surface area contributed by atoms with Gasteiger partial charge in [-0.1, -0.05) is 23.2 Å². The molecule has 0 aromatic heterocycles. The number of hydrogen-bond acceptors (Lipinski definition) is 2. The van der Waals surface area contributed by atoms with Crippen molar-refractivity contribution >= 4 is 40.9 Å². The molecule has 5 nitrogen and oxygen atoms in total. The second-order valence-electron chi connectivity index (χ2n) is 4.95. The summed E-state index contributed by atoms with van der Waals surface area (Å²) in [6.07, 6.45) is 0. The average molecular weight is 305 g/mol. The highest BCUT2D eigenvalue weighted by Crippen LogP contribution is 2.31. The maximum absolute atomic E-state index is 11.7. The van der Waals surface area contributed by atoms with Crippen molar-refractivity contribution in [1.29, 1.82) is 0 Å². The standard InChI is InChI=1S/C12H14Cl2N2O3/c1-12(2,3)16-11(19)15-9-7(13)4-6(10(17)18)5-8(9)14/h4-5H,1-3H3,(H,17,18)(H2,15,16,19). The van der Waals surface area contributed by atoms with Gasteiger partial charge in [0.25, 0.3) is 0 Å². The third-order valence-electron chi connectivity index (χ3n) is 2.02. The zero-order valence-electron chi connectivity index (χ0n) is 10.7. The zero-order valence-corrected chi connectivity index (χ0v) is 12.2. The lowest BCUT2D eigenvalue weighted by atomic mass is 10.1. The van der Waals surface area contributed by atoms with Gasteiger partial charge in [0.05, 0.1) is 21.3 Å². The molecule has 3 N–H and O–H groups in total. The molecule has 0 heterocycles. The molecule has 0 bridgehead atoms. The number of nitrogens with one attached hydrogen (secondary N) is 2. The van der Waals surface area contributed by atoms with Crippen LogP contribution in [0.5, 0.6) is 0 Å². The van der Waals surface area contributed by atoms with E-state index in [0.29, 0.717) is 0 Å². The predicted molar refractivity (Wildman–Crippen MR) is 75.3 cm³/mol. The number of carboxylic acid groups (broad SMARTS) is 1. The third kappa shape index (κ3) is 4.61. The van der Waals surface area contributed by atoms with Crippen LogP contribution in [0.15, 0.2) is 12.1 Å². The van der Waals surface area contributed by atoms with Crippen molar-refractivity contribution in [3.63, 3.8) is 0 Å². The molecule has 1 rings (SSSR count). The number of halogens is 2. The first kappa shape index (κ1) is 15.6. The summed E-state index contributed by atoms with van der Waals surface area (Å²) in [7, 11) is 0. The van der Waals surface area contributed by atoms with Crippen molar-refractivity contribution in [2.75, 3.05) is 5.32 Å². The highest BCUT2D eigenvalue weighted by Gasteiger charge is 2.17. The molecule has 19 heavy (non-hydrogen) atoms. The predicted octanol–water partition coefficient (Wildman–Crippen LogP) is 3.61. The minimum Gasteiger partial charge on any atom is -0.478 e. The fourth-order valence-electron chi connectivity index (χ4n) is 1.30. The van der Waals surface area contributed by atoms with Crippen LogP contribution in [0.2, 0.25) is 10.0 Å². The van der Waals surface area contributed by atoms with Crippen LogP contribution in [0.1, 0.15) is 31.1 Å². The molecular weight excluding hydrogens is 291 g/mol. The summed E-state index contributed by atoms with van der Waals surface area (Å²) >= 11 is 11.8. The molecular formula is C12H14Cl2N2O3. The first-order valence-corrected chi connectivity index (χ1v) is 6.17. The molecule has 1 aromatic carbocycles. The van der Waals surface area contributed by atoms with Crippen LogP contribution in [0.25, 0.3) is 0 Å². The van der Waals surface area contributed by atoms with Crippen molar-refractivity contribution < 1.29 is 14.7 Å². The molecule has 0 saturated heterocycles. The molecule has 0 aliphatic heterocycles. The van der Waals surface area contributed by atoms with Gasteiger partial charge in [0.15, 0.2) is 0 Å². The van der Waals surface area contributed by atoms with Gasteiger partial charge in [-0.15, -0.1) is 0 Å². The van der Waals surface area contributed by atoms with Gasteiger partial charge in [0, 0.05) is 5.54 Å². The highest BCUT2D eigenvalue weighted by molar-refractivity contribution is 6.40. The Hall–Kier alpha value is -1.46. The van der Waals surface area contributed by atoms with Gasteiger partial charge in [-0.2, -0.15) is 0 Å². The van der Waals surface area contributed by atoms with E-state index in [0.717, 1.165) is 0 Å². The van der Waals surface area contributed by atoms with Crippen LogP contribution in [0.3, 0.4) is 0 Å². The largest absolute Gasteiger partial charge is 0.478 e. The summed E-state index contributed by atoms with van der Waals surface area (Å²) in [5, 5.41) is 14.1. The quantitative estimate of drug-likeness (QED) is 0.781. The lowest BCUT2D eigenvalue weighted by Gasteiger charge is -2.21. The number of carbonyl (C=O) groups excluding carboxylic acids is 1. The van der Waals surface area contributed by atoms with E-state index in [1.807, 2.05) is 20.8 Å². The van der Waals surface area contributed by atoms with Crippen LogP contribution in [0, 0.1) is 0 Å². The Morgan fingerprint density at radius 2 is 1.63 bits per heavy atom. The smallest absolute Gasteiger partial charge is 0.335 e. The number of urea groups is 1. The van der Waals surface area contributed by atoms with Gasteiger partial charge in [0.1, 0.15) is 0 Å². The van der Waals surface area contributed by atoms with Crippen LogP contribution in [-0.4, -0.2) is 22.6 Å². The van der Waals surface area contributed by atoms with Crippen LogP contribution in [0.4, 0.5) is 10.5 Å². The Morgan fingerprint density at radius 1 is 1.16 bits per heavy atom. The van der Waals surface area contributed by atoms with Gasteiger partial charge in [-0.05, 0) is 32.9 Å². The molecule has 0 fully saturated rings. The molecule has 0 aliphatic carbocycles. The number of hydrogen-bond donors (Lipinski definition) is 3. The summed E-state index contributed by atoms with van der Waals surface area (Å²) in [6, 6.07) is 1.98. The maximum Gasteiger partial charge on any atom is 0.335 e. The zero-order chi connectivity index (χ0) is 14.8. The Kier molecular flexibility index (Phi) is 4.66. The second-order valence-corrected chi connectivity index (χ2v) is 5.76. The lowest BCUT2D eigenvalue weighted by Crippen LogP contribution is -2.43. The Balaban J connectivity index is 2.97. The average Bonchev–Trinajstić information content (AvgIpc) is 2.20. The normalized spacial score (nSPS) is 11.0. The van der Waals surface area contributed by atoms with E-state index < -0.39 is 17.5 Å². The summed E-state index contributed by atoms with van der Waals surface area (Å²) in [5.41, 5.74) is -0.281. The number of aromatic carboxylic acids is 1. The number of amides is 2.